The normalized spacial score (nSPS) is 12.9. The van der Waals surface area contributed by atoms with Crippen LogP contribution >= 0.6 is 0 Å². The van der Waals surface area contributed by atoms with Crippen molar-refractivity contribution in [3.63, 3.8) is 0 Å². The van der Waals surface area contributed by atoms with E-state index >= 15 is 0 Å². The lowest BCUT2D eigenvalue weighted by atomic mass is 10.1. The molecule has 0 bridgehead atoms. The molecule has 6 heteroatoms. The third-order valence-electron chi connectivity index (χ3n) is 2.56. The van der Waals surface area contributed by atoms with Gasteiger partial charge in [-0.05, 0) is 12.0 Å². The number of amides is 1. The molecule has 2 heterocycles. The fourth-order valence-electron chi connectivity index (χ4n) is 1.44. The first-order chi connectivity index (χ1) is 8.09. The molecule has 0 aromatic carbocycles. The Hall–Kier alpha value is -1.95. The zero-order valence-corrected chi connectivity index (χ0v) is 9.79. The maximum atomic E-state index is 11.8. The monoisotopic (exact) mass is 233 g/mol. The fraction of sp³-hybridized carbons (Fsp3) is 0.364. The molecule has 0 saturated carbocycles. The van der Waals surface area contributed by atoms with Crippen molar-refractivity contribution in [3.05, 3.63) is 24.5 Å². The quantitative estimate of drug-likeness (QED) is 0.815. The van der Waals surface area contributed by atoms with Crippen LogP contribution in [0, 0.1) is 5.92 Å². The SMILES string of the molecule is CC(C)[C@H](N)C(=O)Nc1ccnc2ccnn12. The first kappa shape index (κ1) is 11.5. The highest BCUT2D eigenvalue weighted by Gasteiger charge is 2.18. The van der Waals surface area contributed by atoms with Crippen LogP contribution in [0.25, 0.3) is 5.65 Å². The minimum Gasteiger partial charge on any atom is -0.320 e. The minimum absolute atomic E-state index is 0.0879. The van der Waals surface area contributed by atoms with Crippen LogP contribution in [0.1, 0.15) is 13.8 Å². The number of hydrogen-bond donors (Lipinski definition) is 2. The Labute approximate surface area is 98.8 Å². The molecule has 2 aromatic heterocycles. The maximum Gasteiger partial charge on any atom is 0.242 e. The number of nitrogens with zero attached hydrogens (tertiary/aromatic N) is 3. The van der Waals surface area contributed by atoms with Crippen LogP contribution in [0.3, 0.4) is 0 Å². The number of anilines is 1. The van der Waals surface area contributed by atoms with Crippen LogP contribution in [-0.4, -0.2) is 26.5 Å². The standard InChI is InChI=1S/C11H15N5O/c1-7(2)10(12)11(17)15-9-3-5-13-8-4-6-14-16(8)9/h3-7,10H,12H2,1-2H3,(H,15,17)/t10-/m0/s1. The van der Waals surface area contributed by atoms with Gasteiger partial charge in [0.1, 0.15) is 5.82 Å². The van der Waals surface area contributed by atoms with E-state index in [9.17, 15) is 4.79 Å². The van der Waals surface area contributed by atoms with E-state index in [1.54, 1.807) is 29.0 Å². The molecule has 0 aliphatic heterocycles. The van der Waals surface area contributed by atoms with Crippen LogP contribution in [0.2, 0.25) is 0 Å². The van der Waals surface area contributed by atoms with Crippen molar-refractivity contribution in [2.75, 3.05) is 5.32 Å². The molecule has 2 aromatic rings. The van der Waals surface area contributed by atoms with Crippen molar-refractivity contribution in [2.24, 2.45) is 11.7 Å². The zero-order valence-electron chi connectivity index (χ0n) is 9.79. The predicted molar refractivity (Wildman–Crippen MR) is 64.4 cm³/mol. The number of nitrogens with two attached hydrogens (primary N) is 1. The van der Waals surface area contributed by atoms with Crippen molar-refractivity contribution >= 4 is 17.4 Å². The summed E-state index contributed by atoms with van der Waals surface area (Å²) in [6, 6.07) is 2.91. The molecule has 3 N–H and O–H groups in total. The molecule has 6 nitrogen and oxygen atoms in total. The van der Waals surface area contributed by atoms with Crippen LogP contribution < -0.4 is 11.1 Å². The van der Waals surface area contributed by atoms with E-state index < -0.39 is 6.04 Å². The van der Waals surface area contributed by atoms with Gasteiger partial charge in [-0.25, -0.2) is 4.98 Å². The Morgan fingerprint density at radius 1 is 1.41 bits per heavy atom. The van der Waals surface area contributed by atoms with E-state index in [0.717, 1.165) is 0 Å². The van der Waals surface area contributed by atoms with Gasteiger partial charge in [-0.2, -0.15) is 9.61 Å². The first-order valence-corrected chi connectivity index (χ1v) is 5.45. The molecule has 1 atom stereocenters. The summed E-state index contributed by atoms with van der Waals surface area (Å²) in [5.41, 5.74) is 6.45. The second-order valence-corrected chi connectivity index (χ2v) is 4.19. The summed E-state index contributed by atoms with van der Waals surface area (Å²) in [5.74, 6) is 0.439. The number of nitrogens with one attached hydrogen (secondary N) is 1. The van der Waals surface area contributed by atoms with Crippen molar-refractivity contribution < 1.29 is 4.79 Å². The third-order valence-corrected chi connectivity index (χ3v) is 2.56. The Balaban J connectivity index is 2.24. The Bertz CT molecular complexity index is 533. The third kappa shape index (κ3) is 2.26. The highest BCUT2D eigenvalue weighted by Crippen LogP contribution is 2.09. The van der Waals surface area contributed by atoms with E-state index in [1.807, 2.05) is 13.8 Å². The second kappa shape index (κ2) is 4.50. The number of aromatic nitrogens is 3. The molecule has 0 saturated heterocycles. The lowest BCUT2D eigenvalue weighted by molar-refractivity contribution is -0.118. The molecule has 90 valence electrons. The summed E-state index contributed by atoms with van der Waals surface area (Å²) in [4.78, 5) is 15.9. The van der Waals surface area contributed by atoms with Crippen molar-refractivity contribution in [1.29, 1.82) is 0 Å². The number of carbonyl (C=O) groups excluding carboxylic acids is 1. The molecule has 2 rings (SSSR count). The lowest BCUT2D eigenvalue weighted by Gasteiger charge is -2.15. The molecular weight excluding hydrogens is 218 g/mol. The molecule has 0 spiro atoms. The number of hydrogen-bond acceptors (Lipinski definition) is 4. The number of rotatable bonds is 3. The fourth-order valence-corrected chi connectivity index (χ4v) is 1.44. The van der Waals surface area contributed by atoms with E-state index in [1.165, 1.54) is 0 Å². The average Bonchev–Trinajstić information content (AvgIpc) is 2.76. The summed E-state index contributed by atoms with van der Waals surface area (Å²) in [7, 11) is 0. The Morgan fingerprint density at radius 3 is 2.88 bits per heavy atom. The maximum absolute atomic E-state index is 11.8. The molecule has 17 heavy (non-hydrogen) atoms. The van der Waals surface area contributed by atoms with Crippen LogP contribution in [0.4, 0.5) is 5.82 Å². The molecule has 0 fully saturated rings. The van der Waals surface area contributed by atoms with Gasteiger partial charge in [-0.1, -0.05) is 13.8 Å². The van der Waals surface area contributed by atoms with Crippen LogP contribution in [0.5, 0.6) is 0 Å². The summed E-state index contributed by atoms with van der Waals surface area (Å²) in [6.07, 6.45) is 3.24. The summed E-state index contributed by atoms with van der Waals surface area (Å²) in [6.45, 7) is 3.81. The van der Waals surface area contributed by atoms with Crippen molar-refractivity contribution in [2.45, 2.75) is 19.9 Å². The number of fused-ring (bicyclic) bond motifs is 1. The Morgan fingerprint density at radius 2 is 2.18 bits per heavy atom. The second-order valence-electron chi connectivity index (χ2n) is 4.19. The van der Waals surface area contributed by atoms with E-state index in [-0.39, 0.29) is 11.8 Å². The van der Waals surface area contributed by atoms with Crippen LogP contribution in [-0.2, 0) is 4.79 Å². The van der Waals surface area contributed by atoms with Gasteiger partial charge >= 0.3 is 0 Å². The Kier molecular flexibility index (Phi) is 3.06. The molecule has 0 aliphatic carbocycles. The summed E-state index contributed by atoms with van der Waals surface area (Å²) < 4.78 is 1.56. The minimum atomic E-state index is -0.534. The highest BCUT2D eigenvalue weighted by atomic mass is 16.2. The van der Waals surface area contributed by atoms with Gasteiger partial charge in [0.15, 0.2) is 5.65 Å². The highest BCUT2D eigenvalue weighted by molar-refractivity contribution is 5.94. The van der Waals surface area contributed by atoms with E-state index in [4.69, 9.17) is 5.73 Å². The van der Waals surface area contributed by atoms with E-state index in [2.05, 4.69) is 15.4 Å². The topological polar surface area (TPSA) is 85.3 Å². The van der Waals surface area contributed by atoms with E-state index in [0.29, 0.717) is 11.5 Å². The zero-order chi connectivity index (χ0) is 12.4. The largest absolute Gasteiger partial charge is 0.320 e. The predicted octanol–water partition coefficient (Wildman–Crippen LogP) is 0.651. The van der Waals surface area contributed by atoms with Gasteiger partial charge < -0.3 is 11.1 Å². The molecule has 0 radical (unpaired) electrons. The van der Waals surface area contributed by atoms with Gasteiger partial charge in [0, 0.05) is 12.3 Å². The van der Waals surface area contributed by atoms with Crippen molar-refractivity contribution in [1.82, 2.24) is 14.6 Å². The number of carbonyl (C=O) groups is 1. The molecular formula is C11H15N5O. The first-order valence-electron chi connectivity index (χ1n) is 5.45. The van der Waals surface area contributed by atoms with Crippen molar-refractivity contribution in [3.8, 4) is 0 Å². The van der Waals surface area contributed by atoms with Gasteiger partial charge in [0.2, 0.25) is 5.91 Å². The average molecular weight is 233 g/mol. The molecule has 0 unspecified atom stereocenters. The molecule has 0 aliphatic rings. The van der Waals surface area contributed by atoms with Gasteiger partial charge in [-0.3, -0.25) is 4.79 Å². The smallest absolute Gasteiger partial charge is 0.242 e. The molecule has 1 amide bonds. The van der Waals surface area contributed by atoms with Gasteiger partial charge in [0.25, 0.3) is 0 Å². The van der Waals surface area contributed by atoms with Gasteiger partial charge in [-0.15, -0.1) is 0 Å². The summed E-state index contributed by atoms with van der Waals surface area (Å²) in [5, 5.41) is 6.82. The van der Waals surface area contributed by atoms with Gasteiger partial charge in [0.05, 0.1) is 12.2 Å². The lowest BCUT2D eigenvalue weighted by Crippen LogP contribution is -2.40. The summed E-state index contributed by atoms with van der Waals surface area (Å²) >= 11 is 0. The van der Waals surface area contributed by atoms with Crippen LogP contribution in [0.15, 0.2) is 24.5 Å².